The van der Waals surface area contributed by atoms with Gasteiger partial charge in [-0.25, -0.2) is 8.42 Å². The van der Waals surface area contributed by atoms with Crippen LogP contribution < -0.4 is 4.74 Å². The van der Waals surface area contributed by atoms with E-state index in [-0.39, 0.29) is 48.7 Å². The summed E-state index contributed by atoms with van der Waals surface area (Å²) >= 11 is 0. The normalized spacial score (nSPS) is 20.2. The van der Waals surface area contributed by atoms with Crippen molar-refractivity contribution in [1.82, 2.24) is 19.1 Å². The molecule has 3 rings (SSSR count). The number of nitrogens with zero attached hydrogens (tertiary/aromatic N) is 4. The first-order valence-electron chi connectivity index (χ1n) is 11.8. The lowest BCUT2D eigenvalue weighted by molar-refractivity contribution is -0.132. The molecule has 0 saturated carbocycles. The molecule has 1 N–H and O–H groups in total. The number of amides is 1. The number of carbonyl (C=O) groups is 1. The van der Waals surface area contributed by atoms with Gasteiger partial charge < -0.3 is 19.6 Å². The van der Waals surface area contributed by atoms with E-state index in [1.165, 1.54) is 10.4 Å². The van der Waals surface area contributed by atoms with E-state index in [1.807, 2.05) is 27.1 Å². The topological polar surface area (TPSA) is 103 Å². The molecule has 0 aliphatic carbocycles. The molecule has 0 bridgehead atoms. The van der Waals surface area contributed by atoms with Gasteiger partial charge in [-0.3, -0.25) is 9.78 Å². The van der Waals surface area contributed by atoms with E-state index in [0.29, 0.717) is 5.56 Å². The second-order valence-electron chi connectivity index (χ2n) is 9.41. The third-order valence-electron chi connectivity index (χ3n) is 6.01. The van der Waals surface area contributed by atoms with E-state index < -0.39 is 22.2 Å². The molecule has 10 heteroatoms. The molecule has 1 aliphatic rings. The van der Waals surface area contributed by atoms with Crippen molar-refractivity contribution in [3.05, 3.63) is 53.9 Å². The molecule has 0 spiro atoms. The molecular formula is C26H34N4O5S. The fraction of sp³-hybridized carbons (Fsp3) is 0.462. The summed E-state index contributed by atoms with van der Waals surface area (Å²) in [6, 6.07) is 7.74. The number of aliphatic hydroxyl groups excluding tert-OH is 1. The zero-order valence-corrected chi connectivity index (χ0v) is 22.2. The van der Waals surface area contributed by atoms with E-state index >= 15 is 0 Å². The summed E-state index contributed by atoms with van der Waals surface area (Å²) in [6.07, 6.45) is 2.83. The predicted octanol–water partition coefficient (Wildman–Crippen LogP) is 1.27. The Hall–Kier alpha value is -2.97. The van der Waals surface area contributed by atoms with Gasteiger partial charge in [0.2, 0.25) is 15.9 Å². The number of ether oxygens (including phenoxy) is 1. The Labute approximate surface area is 213 Å². The van der Waals surface area contributed by atoms with Gasteiger partial charge in [0.25, 0.3) is 0 Å². The molecule has 36 heavy (non-hydrogen) atoms. The second-order valence-corrected chi connectivity index (χ2v) is 11.3. The van der Waals surface area contributed by atoms with Gasteiger partial charge in [0, 0.05) is 49.1 Å². The minimum atomic E-state index is -3.95. The maximum Gasteiger partial charge on any atom is 0.247 e. The van der Waals surface area contributed by atoms with Crippen molar-refractivity contribution < 1.29 is 23.1 Å². The monoisotopic (exact) mass is 514 g/mol. The first kappa shape index (κ1) is 27.6. The Kier molecular flexibility index (Phi) is 9.08. The molecule has 2 heterocycles. The summed E-state index contributed by atoms with van der Waals surface area (Å²) in [7, 11) is 1.41. The lowest BCUT2D eigenvalue weighted by Gasteiger charge is -2.37. The fourth-order valence-electron chi connectivity index (χ4n) is 3.87. The van der Waals surface area contributed by atoms with Crippen LogP contribution in [0.25, 0.3) is 0 Å². The summed E-state index contributed by atoms with van der Waals surface area (Å²) in [5.41, 5.74) is 1.31. The fourth-order valence-corrected chi connectivity index (χ4v) is 5.69. The van der Waals surface area contributed by atoms with Crippen LogP contribution in [0.3, 0.4) is 0 Å². The highest BCUT2D eigenvalue weighted by molar-refractivity contribution is 7.89. The highest BCUT2D eigenvalue weighted by Crippen LogP contribution is 2.34. The number of aromatic nitrogens is 1. The van der Waals surface area contributed by atoms with Gasteiger partial charge in [-0.05, 0) is 51.4 Å². The average Bonchev–Trinajstić information content (AvgIpc) is 2.84. The number of hydrogen-bond acceptors (Lipinski definition) is 7. The molecule has 0 radical (unpaired) electrons. The van der Waals surface area contributed by atoms with Crippen LogP contribution in [0.1, 0.15) is 25.0 Å². The SMILES string of the molecule is C[C@H]1CN([C@@H](C)CO)S(=O)(=O)c2ccc(C#Cc3cccnc3)cc2O[C@@H]1CN(C)C(=O)CN(C)C. The molecule has 1 aliphatic heterocycles. The molecule has 0 unspecified atom stereocenters. The summed E-state index contributed by atoms with van der Waals surface area (Å²) in [5, 5.41) is 9.79. The zero-order chi connectivity index (χ0) is 26.5. The predicted molar refractivity (Wildman–Crippen MR) is 137 cm³/mol. The smallest absolute Gasteiger partial charge is 0.247 e. The molecule has 1 aromatic heterocycles. The maximum atomic E-state index is 13.6. The number of pyridine rings is 1. The molecule has 194 valence electrons. The third-order valence-corrected chi connectivity index (χ3v) is 8.03. The molecule has 0 fully saturated rings. The van der Waals surface area contributed by atoms with Crippen molar-refractivity contribution in [2.45, 2.75) is 30.9 Å². The van der Waals surface area contributed by atoms with Gasteiger partial charge in [-0.15, -0.1) is 0 Å². The van der Waals surface area contributed by atoms with Crippen molar-refractivity contribution in [1.29, 1.82) is 0 Å². The molecule has 1 amide bonds. The maximum absolute atomic E-state index is 13.6. The van der Waals surface area contributed by atoms with Crippen molar-refractivity contribution in [3.63, 3.8) is 0 Å². The number of hydrogen-bond donors (Lipinski definition) is 1. The van der Waals surface area contributed by atoms with Crippen molar-refractivity contribution in [2.24, 2.45) is 5.92 Å². The molecule has 3 atom stereocenters. The van der Waals surface area contributed by atoms with Crippen LogP contribution in [0, 0.1) is 17.8 Å². The van der Waals surface area contributed by atoms with E-state index in [2.05, 4.69) is 16.8 Å². The molecule has 9 nitrogen and oxygen atoms in total. The van der Waals surface area contributed by atoms with Crippen LogP contribution in [0.5, 0.6) is 5.75 Å². The number of aliphatic hydroxyl groups is 1. The summed E-state index contributed by atoms with van der Waals surface area (Å²) in [4.78, 5) is 20.0. The van der Waals surface area contributed by atoms with Gasteiger partial charge in [-0.2, -0.15) is 4.31 Å². The molecule has 2 aromatic rings. The highest BCUT2D eigenvalue weighted by Gasteiger charge is 2.38. The number of carbonyl (C=O) groups excluding carboxylic acids is 1. The van der Waals surface area contributed by atoms with E-state index in [1.54, 1.807) is 54.4 Å². The largest absolute Gasteiger partial charge is 0.487 e. The Bertz CT molecular complexity index is 1220. The average molecular weight is 515 g/mol. The van der Waals surface area contributed by atoms with Crippen molar-refractivity contribution >= 4 is 15.9 Å². The Morgan fingerprint density at radius 2 is 1.97 bits per heavy atom. The Morgan fingerprint density at radius 1 is 1.25 bits per heavy atom. The standard InChI is InChI=1S/C26H34N4O5S/c1-19-15-30(20(2)18-31)36(33,34)25-11-10-21(8-9-22-7-6-12-27-14-22)13-23(25)35-24(19)16-29(5)26(32)17-28(3)4/h6-7,10-14,19-20,24,31H,15-18H2,1-5H3/t19-,20-,24+/m0/s1. The van der Waals surface area contributed by atoms with Gasteiger partial charge in [0.05, 0.1) is 19.7 Å². The lowest BCUT2D eigenvalue weighted by atomic mass is 10.0. The summed E-state index contributed by atoms with van der Waals surface area (Å²) in [5.74, 6) is 5.90. The molecule has 0 saturated heterocycles. The quantitative estimate of drug-likeness (QED) is 0.579. The van der Waals surface area contributed by atoms with Gasteiger partial charge in [0.15, 0.2) is 0 Å². The number of likely N-dealkylation sites (N-methyl/N-ethyl adjacent to an activating group) is 2. The van der Waals surface area contributed by atoms with Crippen molar-refractivity contribution in [2.75, 3.05) is 47.4 Å². The number of sulfonamides is 1. The molecule has 1 aromatic carbocycles. The Balaban J connectivity index is 2.03. The first-order valence-corrected chi connectivity index (χ1v) is 13.2. The van der Waals surface area contributed by atoms with Crippen LogP contribution in [0.4, 0.5) is 0 Å². The summed E-state index contributed by atoms with van der Waals surface area (Å²) in [6.45, 7) is 3.92. The number of fused-ring (bicyclic) bond motifs is 1. The zero-order valence-electron chi connectivity index (χ0n) is 21.4. The van der Waals surface area contributed by atoms with E-state index in [0.717, 1.165) is 5.56 Å². The number of rotatable bonds is 6. The molecular weight excluding hydrogens is 480 g/mol. The van der Waals surface area contributed by atoms with Crippen LogP contribution >= 0.6 is 0 Å². The number of benzene rings is 1. The van der Waals surface area contributed by atoms with Gasteiger partial charge in [0.1, 0.15) is 16.7 Å². The minimum Gasteiger partial charge on any atom is -0.487 e. The van der Waals surface area contributed by atoms with E-state index in [9.17, 15) is 18.3 Å². The lowest BCUT2D eigenvalue weighted by Crippen LogP contribution is -2.50. The summed E-state index contributed by atoms with van der Waals surface area (Å²) < 4.78 is 34.8. The third kappa shape index (κ3) is 6.62. The van der Waals surface area contributed by atoms with Crippen molar-refractivity contribution in [3.8, 4) is 17.6 Å². The van der Waals surface area contributed by atoms with Crippen LogP contribution in [-0.4, -0.2) is 98.1 Å². The van der Waals surface area contributed by atoms with E-state index in [4.69, 9.17) is 4.74 Å². The Morgan fingerprint density at radius 3 is 2.61 bits per heavy atom. The first-order chi connectivity index (χ1) is 17.0. The van der Waals surface area contributed by atoms with Crippen LogP contribution in [0.2, 0.25) is 0 Å². The van der Waals surface area contributed by atoms with Crippen LogP contribution in [-0.2, 0) is 14.8 Å². The van der Waals surface area contributed by atoms with Crippen LogP contribution in [0.15, 0.2) is 47.6 Å². The van der Waals surface area contributed by atoms with Gasteiger partial charge in [-0.1, -0.05) is 18.8 Å². The van der Waals surface area contributed by atoms with Gasteiger partial charge >= 0.3 is 0 Å². The second kappa shape index (κ2) is 11.8. The highest BCUT2D eigenvalue weighted by atomic mass is 32.2. The minimum absolute atomic E-state index is 0.00824.